The largest absolute Gasteiger partial charge is 0.373 e. The van der Waals surface area contributed by atoms with Gasteiger partial charge in [0.1, 0.15) is 9.84 Å². The smallest absolute Gasteiger partial charge is 0.191 e. The molecule has 0 aromatic heterocycles. The van der Waals surface area contributed by atoms with Gasteiger partial charge in [-0.05, 0) is 26.2 Å². The fourth-order valence-corrected chi connectivity index (χ4v) is 2.68. The van der Waals surface area contributed by atoms with Crippen molar-refractivity contribution in [2.45, 2.75) is 31.8 Å². The Morgan fingerprint density at radius 2 is 2.10 bits per heavy atom. The van der Waals surface area contributed by atoms with Crippen LogP contribution in [-0.2, 0) is 14.6 Å². The molecule has 1 saturated heterocycles. The Balaban J connectivity index is 0.00000361. The third kappa shape index (κ3) is 8.25. The molecule has 1 aliphatic heterocycles. The van der Waals surface area contributed by atoms with E-state index in [2.05, 4.69) is 22.5 Å². The molecule has 0 aromatic rings. The van der Waals surface area contributed by atoms with Gasteiger partial charge in [-0.25, -0.2) is 8.42 Å². The number of guanidine groups is 1. The molecule has 8 heteroatoms. The van der Waals surface area contributed by atoms with Crippen molar-refractivity contribution in [1.82, 2.24) is 10.6 Å². The first-order valence-corrected chi connectivity index (χ1v) is 8.67. The SMILES string of the molecule is CN=C(NCCCS(C)(=O)=O)NCC1(C)CCCO1.I. The predicted molar refractivity (Wildman–Crippen MR) is 92.7 cm³/mol. The lowest BCUT2D eigenvalue weighted by atomic mass is 10.0. The number of nitrogens with zero attached hydrogens (tertiary/aromatic N) is 1. The minimum absolute atomic E-state index is 0. The number of ether oxygens (including phenoxy) is 1. The van der Waals surface area contributed by atoms with Gasteiger partial charge in [-0.15, -0.1) is 24.0 Å². The monoisotopic (exact) mass is 419 g/mol. The number of hydrogen-bond acceptors (Lipinski definition) is 4. The second-order valence-corrected chi connectivity index (χ2v) is 7.50. The first kappa shape index (κ1) is 19.9. The zero-order valence-electron chi connectivity index (χ0n) is 12.4. The normalized spacial score (nSPS) is 23.2. The number of rotatable bonds is 6. The molecule has 1 unspecified atom stereocenters. The molecule has 0 amide bonds. The third-order valence-corrected chi connectivity index (χ3v) is 4.17. The zero-order chi connectivity index (χ0) is 14.4. The minimum atomic E-state index is -2.88. The highest BCUT2D eigenvalue weighted by atomic mass is 127. The molecule has 20 heavy (non-hydrogen) atoms. The molecule has 1 heterocycles. The van der Waals surface area contributed by atoms with E-state index in [9.17, 15) is 8.42 Å². The maximum Gasteiger partial charge on any atom is 0.191 e. The van der Waals surface area contributed by atoms with Crippen LogP contribution in [0.1, 0.15) is 26.2 Å². The standard InChI is InChI=1S/C12H25N3O3S.HI/c1-12(6-4-8-18-12)10-15-11(13-2)14-7-5-9-19(3,16)17;/h4-10H2,1-3H3,(H2,13,14,15);1H. The fourth-order valence-electron chi connectivity index (χ4n) is 2.01. The highest BCUT2D eigenvalue weighted by Crippen LogP contribution is 2.23. The lowest BCUT2D eigenvalue weighted by molar-refractivity contribution is 0.0243. The van der Waals surface area contributed by atoms with E-state index in [0.717, 1.165) is 19.4 Å². The van der Waals surface area contributed by atoms with Crippen LogP contribution in [0.25, 0.3) is 0 Å². The van der Waals surface area contributed by atoms with Gasteiger partial charge >= 0.3 is 0 Å². The van der Waals surface area contributed by atoms with E-state index in [0.29, 0.717) is 25.5 Å². The summed E-state index contributed by atoms with van der Waals surface area (Å²) in [4.78, 5) is 4.10. The molecule has 120 valence electrons. The highest BCUT2D eigenvalue weighted by molar-refractivity contribution is 14.0. The Bertz CT molecular complexity index is 406. The number of hydrogen-bond donors (Lipinski definition) is 2. The summed E-state index contributed by atoms with van der Waals surface area (Å²) in [7, 11) is -1.19. The summed E-state index contributed by atoms with van der Waals surface area (Å²) in [5, 5.41) is 6.32. The van der Waals surface area contributed by atoms with Gasteiger partial charge in [0.2, 0.25) is 0 Å². The van der Waals surface area contributed by atoms with Crippen molar-refractivity contribution >= 4 is 39.8 Å². The Morgan fingerprint density at radius 3 is 2.60 bits per heavy atom. The fraction of sp³-hybridized carbons (Fsp3) is 0.917. The first-order valence-electron chi connectivity index (χ1n) is 6.61. The van der Waals surface area contributed by atoms with Gasteiger partial charge in [-0.1, -0.05) is 0 Å². The minimum Gasteiger partial charge on any atom is -0.373 e. The molecule has 1 atom stereocenters. The molecule has 0 bridgehead atoms. The van der Waals surface area contributed by atoms with Gasteiger partial charge in [0.25, 0.3) is 0 Å². The lowest BCUT2D eigenvalue weighted by Gasteiger charge is -2.24. The average Bonchev–Trinajstić information content (AvgIpc) is 2.74. The molecule has 0 aromatic carbocycles. The Kier molecular flexibility index (Phi) is 8.99. The Labute approximate surface area is 139 Å². The molecule has 0 spiro atoms. The maximum atomic E-state index is 11.0. The summed E-state index contributed by atoms with van der Waals surface area (Å²) in [5.74, 6) is 0.878. The second kappa shape index (κ2) is 9.04. The quantitative estimate of drug-likeness (QED) is 0.288. The van der Waals surface area contributed by atoms with Crippen molar-refractivity contribution in [1.29, 1.82) is 0 Å². The van der Waals surface area contributed by atoms with Gasteiger partial charge < -0.3 is 15.4 Å². The van der Waals surface area contributed by atoms with Crippen LogP contribution in [0.5, 0.6) is 0 Å². The highest BCUT2D eigenvalue weighted by Gasteiger charge is 2.29. The molecule has 0 aliphatic carbocycles. The van der Waals surface area contributed by atoms with Crippen LogP contribution in [0.4, 0.5) is 0 Å². The van der Waals surface area contributed by atoms with Gasteiger partial charge in [0, 0.05) is 33.0 Å². The van der Waals surface area contributed by atoms with Crippen molar-refractivity contribution in [2.24, 2.45) is 4.99 Å². The van der Waals surface area contributed by atoms with Crippen molar-refractivity contribution in [3.05, 3.63) is 0 Å². The summed E-state index contributed by atoms with van der Waals surface area (Å²) in [6.07, 6.45) is 3.97. The van der Waals surface area contributed by atoms with Crippen LogP contribution in [-0.4, -0.2) is 58.7 Å². The molecule has 2 N–H and O–H groups in total. The second-order valence-electron chi connectivity index (χ2n) is 5.24. The Morgan fingerprint density at radius 1 is 1.40 bits per heavy atom. The molecule has 0 saturated carbocycles. The van der Waals surface area contributed by atoms with Crippen LogP contribution in [0.2, 0.25) is 0 Å². The van der Waals surface area contributed by atoms with E-state index < -0.39 is 9.84 Å². The van der Waals surface area contributed by atoms with Crippen molar-refractivity contribution in [3.8, 4) is 0 Å². The topological polar surface area (TPSA) is 79.8 Å². The predicted octanol–water partition coefficient (Wildman–Crippen LogP) is 0.773. The van der Waals surface area contributed by atoms with E-state index in [4.69, 9.17) is 4.74 Å². The number of aliphatic imine (C=N–C) groups is 1. The molecule has 1 rings (SSSR count). The maximum absolute atomic E-state index is 11.0. The van der Waals surface area contributed by atoms with Crippen molar-refractivity contribution < 1.29 is 13.2 Å². The van der Waals surface area contributed by atoms with Crippen LogP contribution < -0.4 is 10.6 Å². The Hall–Kier alpha value is -0.0900. The first-order chi connectivity index (χ1) is 8.85. The molecule has 0 radical (unpaired) electrons. The van der Waals surface area contributed by atoms with Gasteiger partial charge in [-0.2, -0.15) is 0 Å². The van der Waals surface area contributed by atoms with Gasteiger partial charge in [0.05, 0.1) is 11.4 Å². The summed E-state index contributed by atoms with van der Waals surface area (Å²) in [5.41, 5.74) is -0.121. The van der Waals surface area contributed by atoms with Gasteiger partial charge in [0.15, 0.2) is 5.96 Å². The third-order valence-electron chi connectivity index (χ3n) is 3.14. The summed E-state index contributed by atoms with van der Waals surface area (Å²) in [6.45, 7) is 4.20. The van der Waals surface area contributed by atoms with Crippen LogP contribution in [0, 0.1) is 0 Å². The number of halogens is 1. The van der Waals surface area contributed by atoms with Crippen LogP contribution in [0.15, 0.2) is 4.99 Å². The molecule has 1 aliphatic rings. The number of sulfone groups is 1. The van der Waals surface area contributed by atoms with E-state index in [1.54, 1.807) is 7.05 Å². The summed E-state index contributed by atoms with van der Waals surface area (Å²) in [6, 6.07) is 0. The van der Waals surface area contributed by atoms with Crippen molar-refractivity contribution in [3.63, 3.8) is 0 Å². The van der Waals surface area contributed by atoms with E-state index in [1.165, 1.54) is 6.26 Å². The van der Waals surface area contributed by atoms with E-state index in [-0.39, 0.29) is 35.3 Å². The molecule has 1 fully saturated rings. The van der Waals surface area contributed by atoms with E-state index in [1.807, 2.05) is 0 Å². The molecule has 6 nitrogen and oxygen atoms in total. The summed E-state index contributed by atoms with van der Waals surface area (Å²) < 4.78 is 27.7. The molecular formula is C12H26IN3O3S. The molecular weight excluding hydrogens is 393 g/mol. The van der Waals surface area contributed by atoms with Gasteiger partial charge in [-0.3, -0.25) is 4.99 Å². The van der Waals surface area contributed by atoms with E-state index >= 15 is 0 Å². The zero-order valence-corrected chi connectivity index (χ0v) is 15.6. The van der Waals surface area contributed by atoms with Crippen LogP contribution >= 0.6 is 24.0 Å². The lowest BCUT2D eigenvalue weighted by Crippen LogP contribution is -2.45. The van der Waals surface area contributed by atoms with Crippen molar-refractivity contribution in [2.75, 3.05) is 38.8 Å². The van der Waals surface area contributed by atoms with Crippen LogP contribution in [0.3, 0.4) is 0 Å². The summed E-state index contributed by atoms with van der Waals surface area (Å²) >= 11 is 0. The average molecular weight is 419 g/mol. The number of nitrogens with one attached hydrogen (secondary N) is 2.